The van der Waals surface area contributed by atoms with Crippen LogP contribution in [0.3, 0.4) is 0 Å². The van der Waals surface area contributed by atoms with Crippen molar-refractivity contribution in [2.24, 2.45) is 0 Å². The molecule has 2 N–H and O–H groups in total. The Bertz CT molecular complexity index is 895. The summed E-state index contributed by atoms with van der Waals surface area (Å²) in [5.41, 5.74) is -0.157. The molecule has 1 fully saturated rings. The van der Waals surface area contributed by atoms with E-state index in [2.05, 4.69) is 15.6 Å². The lowest BCUT2D eigenvalue weighted by Crippen LogP contribution is -2.21. The lowest BCUT2D eigenvalue weighted by Gasteiger charge is -2.08. The minimum absolute atomic E-state index is 0.0241. The third-order valence-electron chi connectivity index (χ3n) is 3.94. The smallest absolute Gasteiger partial charge is 0.340 e. The van der Waals surface area contributed by atoms with Crippen LogP contribution in [-0.2, 0) is 9.53 Å². The zero-order chi connectivity index (χ0) is 20.1. The van der Waals surface area contributed by atoms with Gasteiger partial charge in [0.25, 0.3) is 11.6 Å². The number of anilines is 2. The number of pyridine rings is 1. The Balaban J connectivity index is 1.55. The maximum Gasteiger partial charge on any atom is 0.340 e. The molecular formula is C18H18N4O6. The molecule has 1 aliphatic carbocycles. The Morgan fingerprint density at radius 3 is 2.68 bits per heavy atom. The van der Waals surface area contributed by atoms with Crippen molar-refractivity contribution in [3.63, 3.8) is 0 Å². The summed E-state index contributed by atoms with van der Waals surface area (Å²) in [5.74, 6) is -0.474. The highest BCUT2D eigenvalue weighted by atomic mass is 16.6. The number of benzene rings is 1. The second kappa shape index (κ2) is 8.33. The van der Waals surface area contributed by atoms with Crippen molar-refractivity contribution in [2.75, 3.05) is 24.4 Å². The Morgan fingerprint density at radius 2 is 2.07 bits per heavy atom. The monoisotopic (exact) mass is 386 g/mol. The fraction of sp³-hybridized carbons (Fsp3) is 0.278. The van der Waals surface area contributed by atoms with E-state index in [1.165, 1.54) is 31.5 Å². The number of hydrogen-bond donors (Lipinski definition) is 2. The van der Waals surface area contributed by atoms with Crippen molar-refractivity contribution in [1.82, 2.24) is 4.98 Å². The van der Waals surface area contributed by atoms with Gasteiger partial charge in [0.1, 0.15) is 17.3 Å². The molecule has 146 valence electrons. The summed E-state index contributed by atoms with van der Waals surface area (Å²) in [6.07, 6.45) is 3.57. The first-order valence-corrected chi connectivity index (χ1v) is 8.48. The van der Waals surface area contributed by atoms with Gasteiger partial charge in [0.2, 0.25) is 0 Å². The predicted octanol–water partition coefficient (Wildman–Crippen LogP) is 2.37. The van der Waals surface area contributed by atoms with Crippen molar-refractivity contribution >= 4 is 29.1 Å². The molecule has 0 aliphatic heterocycles. The number of methoxy groups -OCH3 is 1. The van der Waals surface area contributed by atoms with Crippen LogP contribution in [0, 0.1) is 10.1 Å². The number of nitro groups is 1. The number of esters is 1. The van der Waals surface area contributed by atoms with Gasteiger partial charge in [0.15, 0.2) is 6.61 Å². The number of amides is 1. The molecule has 3 rings (SSSR count). The summed E-state index contributed by atoms with van der Waals surface area (Å²) in [6.45, 7) is -0.593. The van der Waals surface area contributed by atoms with Crippen molar-refractivity contribution in [2.45, 2.75) is 18.9 Å². The number of rotatable bonds is 8. The van der Waals surface area contributed by atoms with Crippen LogP contribution >= 0.6 is 0 Å². The Hall–Kier alpha value is -3.69. The average Bonchev–Trinajstić information content (AvgIpc) is 3.51. The molecular weight excluding hydrogens is 368 g/mol. The van der Waals surface area contributed by atoms with Crippen LogP contribution in [0.5, 0.6) is 5.75 Å². The van der Waals surface area contributed by atoms with Crippen LogP contribution in [0.4, 0.5) is 17.2 Å². The SMILES string of the molecule is COc1ccc(NC(=O)COC(=O)c2ccc(NC3CC3)nc2)c([N+](=O)[O-])c1. The standard InChI is InChI=1S/C18H18N4O6/c1-27-13-5-6-14(15(8-13)22(25)26)21-17(23)10-28-18(24)11-2-7-16(19-9-11)20-12-3-4-12/h2,5-9,12H,3-4,10H2,1H3,(H,19,20)(H,21,23). The van der Waals surface area contributed by atoms with Gasteiger partial charge in [0, 0.05) is 12.2 Å². The first-order valence-electron chi connectivity index (χ1n) is 8.48. The predicted molar refractivity (Wildman–Crippen MR) is 99.4 cm³/mol. The summed E-state index contributed by atoms with van der Waals surface area (Å²) in [6, 6.07) is 7.65. The summed E-state index contributed by atoms with van der Waals surface area (Å²) in [7, 11) is 1.38. The molecule has 0 saturated heterocycles. The maximum atomic E-state index is 12.0. The third kappa shape index (κ3) is 4.93. The van der Waals surface area contributed by atoms with Gasteiger partial charge >= 0.3 is 5.97 Å². The molecule has 1 saturated carbocycles. The number of aromatic nitrogens is 1. The van der Waals surface area contributed by atoms with Crippen molar-refractivity contribution < 1.29 is 24.0 Å². The summed E-state index contributed by atoms with van der Waals surface area (Å²) in [4.78, 5) is 38.6. The normalized spacial score (nSPS) is 12.8. The lowest BCUT2D eigenvalue weighted by molar-refractivity contribution is -0.384. The maximum absolute atomic E-state index is 12.0. The molecule has 0 atom stereocenters. The van der Waals surface area contributed by atoms with Crippen LogP contribution in [0.15, 0.2) is 36.5 Å². The number of nitrogens with zero attached hydrogens (tertiary/aromatic N) is 2. The largest absolute Gasteiger partial charge is 0.496 e. The fourth-order valence-electron chi connectivity index (χ4n) is 2.33. The van der Waals surface area contributed by atoms with Gasteiger partial charge in [-0.15, -0.1) is 0 Å². The molecule has 0 unspecified atom stereocenters. The number of hydrogen-bond acceptors (Lipinski definition) is 8. The van der Waals surface area contributed by atoms with Crippen LogP contribution in [0.2, 0.25) is 0 Å². The minimum atomic E-state index is -0.718. The van der Waals surface area contributed by atoms with Crippen LogP contribution in [0.1, 0.15) is 23.2 Å². The summed E-state index contributed by atoms with van der Waals surface area (Å²) < 4.78 is 9.86. The first kappa shape index (κ1) is 19.1. The Morgan fingerprint density at radius 1 is 1.29 bits per heavy atom. The number of nitrogens with one attached hydrogen (secondary N) is 2. The molecule has 1 aliphatic rings. The van der Waals surface area contributed by atoms with E-state index in [4.69, 9.17) is 9.47 Å². The van der Waals surface area contributed by atoms with E-state index in [-0.39, 0.29) is 22.7 Å². The third-order valence-corrected chi connectivity index (χ3v) is 3.94. The molecule has 0 radical (unpaired) electrons. The van der Waals surface area contributed by atoms with Crippen LogP contribution in [0.25, 0.3) is 0 Å². The molecule has 1 aromatic carbocycles. The van der Waals surface area contributed by atoms with E-state index in [1.54, 1.807) is 12.1 Å². The van der Waals surface area contributed by atoms with Gasteiger partial charge in [-0.25, -0.2) is 9.78 Å². The van der Waals surface area contributed by atoms with Gasteiger partial charge in [-0.05, 0) is 37.1 Å². The molecule has 0 spiro atoms. The van der Waals surface area contributed by atoms with E-state index < -0.39 is 23.4 Å². The van der Waals surface area contributed by atoms with E-state index >= 15 is 0 Å². The van der Waals surface area contributed by atoms with E-state index in [0.29, 0.717) is 11.9 Å². The highest BCUT2D eigenvalue weighted by Crippen LogP contribution is 2.29. The van der Waals surface area contributed by atoms with Crippen LogP contribution in [-0.4, -0.2) is 41.5 Å². The number of ether oxygens (including phenoxy) is 2. The van der Waals surface area contributed by atoms with E-state index in [0.717, 1.165) is 12.8 Å². The molecule has 10 heteroatoms. The first-order chi connectivity index (χ1) is 13.5. The second-order valence-corrected chi connectivity index (χ2v) is 6.12. The Labute approximate surface area is 160 Å². The highest BCUT2D eigenvalue weighted by molar-refractivity contribution is 5.96. The van der Waals surface area contributed by atoms with Crippen molar-refractivity contribution in [3.05, 3.63) is 52.2 Å². The van der Waals surface area contributed by atoms with E-state index in [1.807, 2.05) is 0 Å². The van der Waals surface area contributed by atoms with Gasteiger partial charge in [-0.1, -0.05) is 0 Å². The number of carbonyl (C=O) groups excluding carboxylic acids is 2. The zero-order valence-corrected chi connectivity index (χ0v) is 15.0. The average molecular weight is 386 g/mol. The second-order valence-electron chi connectivity index (χ2n) is 6.12. The summed E-state index contributed by atoms with van der Waals surface area (Å²) in [5, 5.41) is 16.7. The van der Waals surface area contributed by atoms with Crippen LogP contribution < -0.4 is 15.4 Å². The zero-order valence-electron chi connectivity index (χ0n) is 15.0. The lowest BCUT2D eigenvalue weighted by atomic mass is 10.2. The topological polar surface area (TPSA) is 133 Å². The minimum Gasteiger partial charge on any atom is -0.496 e. The molecule has 1 amide bonds. The molecule has 28 heavy (non-hydrogen) atoms. The Kier molecular flexibility index (Phi) is 5.68. The fourth-order valence-corrected chi connectivity index (χ4v) is 2.33. The van der Waals surface area contributed by atoms with Gasteiger partial charge < -0.3 is 20.1 Å². The van der Waals surface area contributed by atoms with Crippen molar-refractivity contribution in [1.29, 1.82) is 0 Å². The molecule has 0 bridgehead atoms. The van der Waals surface area contributed by atoms with Gasteiger partial charge in [-0.2, -0.15) is 0 Å². The van der Waals surface area contributed by atoms with Gasteiger partial charge in [0.05, 0.1) is 23.7 Å². The molecule has 1 heterocycles. The quantitative estimate of drug-likeness (QED) is 0.401. The van der Waals surface area contributed by atoms with Gasteiger partial charge in [-0.3, -0.25) is 14.9 Å². The van der Waals surface area contributed by atoms with E-state index in [9.17, 15) is 19.7 Å². The number of nitro benzene ring substituents is 1. The molecule has 10 nitrogen and oxygen atoms in total. The molecule has 1 aromatic heterocycles. The van der Waals surface area contributed by atoms with Crippen molar-refractivity contribution in [3.8, 4) is 5.75 Å². The molecule has 2 aromatic rings. The number of carbonyl (C=O) groups is 2. The highest BCUT2D eigenvalue weighted by Gasteiger charge is 2.21. The summed E-state index contributed by atoms with van der Waals surface area (Å²) >= 11 is 0.